The number of aryl methyl sites for hydroxylation is 1. The molecule has 0 fully saturated rings. The third kappa shape index (κ3) is 4.13. The Hall–Kier alpha value is -1.35. The number of hydrogen-bond donors (Lipinski definition) is 2. The van der Waals surface area contributed by atoms with E-state index in [1.54, 1.807) is 0 Å². The molecule has 1 aromatic carbocycles. The van der Waals surface area contributed by atoms with Crippen molar-refractivity contribution in [2.24, 2.45) is 5.73 Å². The lowest BCUT2D eigenvalue weighted by atomic mass is 10.0. The molecule has 15 heavy (non-hydrogen) atoms. The van der Waals surface area contributed by atoms with Crippen LogP contribution in [0.1, 0.15) is 36.4 Å². The first-order valence-electron chi connectivity index (χ1n) is 5.13. The molecule has 0 spiro atoms. The Morgan fingerprint density at radius 3 is 2.53 bits per heavy atom. The Kier molecular flexibility index (Phi) is 4.31. The van der Waals surface area contributed by atoms with Gasteiger partial charge in [-0.05, 0) is 25.3 Å². The van der Waals surface area contributed by atoms with E-state index in [2.05, 4.69) is 0 Å². The van der Waals surface area contributed by atoms with Gasteiger partial charge in [0.05, 0.1) is 0 Å². The highest BCUT2D eigenvalue weighted by Crippen LogP contribution is 2.17. The lowest BCUT2D eigenvalue weighted by Gasteiger charge is -2.11. The average Bonchev–Trinajstić information content (AvgIpc) is 2.18. The molecule has 0 aliphatic carbocycles. The van der Waals surface area contributed by atoms with Crippen molar-refractivity contribution in [1.82, 2.24) is 0 Å². The molecule has 0 aromatic heterocycles. The summed E-state index contributed by atoms with van der Waals surface area (Å²) in [5, 5.41) is 8.49. The van der Waals surface area contributed by atoms with Gasteiger partial charge in [-0.2, -0.15) is 0 Å². The molecule has 3 nitrogen and oxygen atoms in total. The summed E-state index contributed by atoms with van der Waals surface area (Å²) in [5.41, 5.74) is 8.22. The first-order chi connectivity index (χ1) is 7.09. The molecule has 1 atom stereocenters. The molecular weight excluding hydrogens is 190 g/mol. The van der Waals surface area contributed by atoms with E-state index in [9.17, 15) is 4.79 Å². The van der Waals surface area contributed by atoms with Crippen LogP contribution in [0.4, 0.5) is 0 Å². The fraction of sp³-hybridized carbons (Fsp3) is 0.417. The third-order valence-electron chi connectivity index (χ3n) is 2.41. The number of carbonyl (C=O) groups is 1. The number of carboxylic acids is 1. The molecule has 0 aliphatic rings. The molecule has 0 bridgehead atoms. The van der Waals surface area contributed by atoms with Crippen LogP contribution >= 0.6 is 0 Å². The lowest BCUT2D eigenvalue weighted by Crippen LogP contribution is -2.10. The summed E-state index contributed by atoms with van der Waals surface area (Å²) in [5.74, 6) is -0.758. The Labute approximate surface area is 89.9 Å². The van der Waals surface area contributed by atoms with Gasteiger partial charge in [0.15, 0.2) is 0 Å². The van der Waals surface area contributed by atoms with Gasteiger partial charge in [-0.15, -0.1) is 0 Å². The molecule has 0 amide bonds. The van der Waals surface area contributed by atoms with Crippen molar-refractivity contribution in [1.29, 1.82) is 0 Å². The third-order valence-corrected chi connectivity index (χ3v) is 2.41. The molecule has 3 N–H and O–H groups in total. The first kappa shape index (κ1) is 11.7. The topological polar surface area (TPSA) is 63.3 Å². The van der Waals surface area contributed by atoms with E-state index >= 15 is 0 Å². The van der Waals surface area contributed by atoms with E-state index in [-0.39, 0.29) is 12.5 Å². The molecule has 0 heterocycles. The van der Waals surface area contributed by atoms with Crippen molar-refractivity contribution in [3.8, 4) is 0 Å². The molecule has 0 saturated heterocycles. The Balaban J connectivity index is 2.43. The van der Waals surface area contributed by atoms with Crippen molar-refractivity contribution >= 4 is 5.97 Å². The lowest BCUT2D eigenvalue weighted by molar-refractivity contribution is -0.137. The van der Waals surface area contributed by atoms with E-state index in [1.807, 2.05) is 31.2 Å². The second kappa shape index (κ2) is 5.51. The van der Waals surface area contributed by atoms with Crippen molar-refractivity contribution < 1.29 is 9.90 Å². The smallest absolute Gasteiger partial charge is 0.303 e. The Bertz CT molecular complexity index is 319. The van der Waals surface area contributed by atoms with Crippen molar-refractivity contribution in [2.45, 2.75) is 32.2 Å². The van der Waals surface area contributed by atoms with E-state index in [1.165, 1.54) is 5.56 Å². The number of aliphatic carboxylic acids is 1. The van der Waals surface area contributed by atoms with Crippen LogP contribution in [0.15, 0.2) is 24.3 Å². The van der Waals surface area contributed by atoms with Crippen LogP contribution in [0.5, 0.6) is 0 Å². The minimum atomic E-state index is -0.758. The van der Waals surface area contributed by atoms with Gasteiger partial charge in [0.25, 0.3) is 0 Å². The van der Waals surface area contributed by atoms with Gasteiger partial charge in [0.2, 0.25) is 0 Å². The number of nitrogens with two attached hydrogens (primary N) is 1. The van der Waals surface area contributed by atoms with Crippen molar-refractivity contribution in [2.75, 3.05) is 0 Å². The van der Waals surface area contributed by atoms with Crippen LogP contribution in [0.25, 0.3) is 0 Å². The van der Waals surface area contributed by atoms with Crippen LogP contribution in [0, 0.1) is 6.92 Å². The molecule has 0 radical (unpaired) electrons. The van der Waals surface area contributed by atoms with Gasteiger partial charge < -0.3 is 10.8 Å². The number of rotatable bonds is 5. The summed E-state index contributed by atoms with van der Waals surface area (Å²) in [6.07, 6.45) is 1.54. The van der Waals surface area contributed by atoms with Crippen molar-refractivity contribution in [3.05, 3.63) is 35.4 Å². The maximum atomic E-state index is 10.3. The minimum Gasteiger partial charge on any atom is -0.481 e. The predicted octanol–water partition coefficient (Wildman–Crippen LogP) is 2.25. The summed E-state index contributed by atoms with van der Waals surface area (Å²) >= 11 is 0. The van der Waals surface area contributed by atoms with Gasteiger partial charge in [0.1, 0.15) is 0 Å². The summed E-state index contributed by atoms with van der Waals surface area (Å²) in [7, 11) is 0. The number of benzene rings is 1. The largest absolute Gasteiger partial charge is 0.481 e. The quantitative estimate of drug-likeness (QED) is 0.778. The van der Waals surface area contributed by atoms with Crippen LogP contribution in [0.2, 0.25) is 0 Å². The molecule has 0 aliphatic heterocycles. The van der Waals surface area contributed by atoms with Crippen LogP contribution < -0.4 is 5.73 Å². The van der Waals surface area contributed by atoms with E-state index < -0.39 is 5.97 Å². The van der Waals surface area contributed by atoms with Gasteiger partial charge in [-0.3, -0.25) is 4.79 Å². The number of hydrogen-bond acceptors (Lipinski definition) is 2. The molecule has 0 saturated carbocycles. The normalized spacial score (nSPS) is 12.4. The van der Waals surface area contributed by atoms with Crippen LogP contribution in [-0.4, -0.2) is 11.1 Å². The zero-order valence-corrected chi connectivity index (χ0v) is 8.94. The van der Waals surface area contributed by atoms with E-state index in [0.29, 0.717) is 6.42 Å². The highest BCUT2D eigenvalue weighted by Gasteiger charge is 2.06. The molecule has 1 aromatic rings. The molecular formula is C12H17NO2. The zero-order chi connectivity index (χ0) is 11.3. The maximum absolute atomic E-state index is 10.3. The monoisotopic (exact) mass is 207 g/mol. The molecule has 3 heteroatoms. The van der Waals surface area contributed by atoms with Gasteiger partial charge >= 0.3 is 5.97 Å². The van der Waals surface area contributed by atoms with Gasteiger partial charge in [-0.1, -0.05) is 29.8 Å². The van der Waals surface area contributed by atoms with Gasteiger partial charge in [0, 0.05) is 12.5 Å². The standard InChI is InChI=1S/C12H17NO2/c1-9-5-7-10(8-6-9)11(13)3-2-4-12(14)15/h5-8,11H,2-4,13H2,1H3,(H,14,15). The van der Waals surface area contributed by atoms with E-state index in [0.717, 1.165) is 12.0 Å². The van der Waals surface area contributed by atoms with E-state index in [4.69, 9.17) is 10.8 Å². The molecule has 1 unspecified atom stereocenters. The first-order valence-corrected chi connectivity index (χ1v) is 5.13. The Morgan fingerprint density at radius 2 is 2.00 bits per heavy atom. The average molecular weight is 207 g/mol. The highest BCUT2D eigenvalue weighted by atomic mass is 16.4. The van der Waals surface area contributed by atoms with Crippen LogP contribution in [-0.2, 0) is 4.79 Å². The second-order valence-corrected chi connectivity index (χ2v) is 3.80. The predicted molar refractivity (Wildman–Crippen MR) is 59.6 cm³/mol. The summed E-state index contributed by atoms with van der Waals surface area (Å²) < 4.78 is 0. The second-order valence-electron chi connectivity index (χ2n) is 3.80. The van der Waals surface area contributed by atoms with Crippen LogP contribution in [0.3, 0.4) is 0 Å². The fourth-order valence-corrected chi connectivity index (χ4v) is 1.45. The number of carboxylic acid groups (broad SMARTS) is 1. The van der Waals surface area contributed by atoms with Gasteiger partial charge in [-0.25, -0.2) is 0 Å². The molecule has 82 valence electrons. The summed E-state index contributed by atoms with van der Waals surface area (Å²) in [6.45, 7) is 2.03. The zero-order valence-electron chi connectivity index (χ0n) is 8.94. The molecule has 1 rings (SSSR count). The minimum absolute atomic E-state index is 0.0510. The Morgan fingerprint density at radius 1 is 1.40 bits per heavy atom. The summed E-state index contributed by atoms with van der Waals surface area (Å²) in [4.78, 5) is 10.3. The SMILES string of the molecule is Cc1ccc(C(N)CCCC(=O)O)cc1. The summed E-state index contributed by atoms with van der Waals surface area (Å²) in [6, 6.07) is 7.99. The fourth-order valence-electron chi connectivity index (χ4n) is 1.45. The maximum Gasteiger partial charge on any atom is 0.303 e. The van der Waals surface area contributed by atoms with Crippen molar-refractivity contribution in [3.63, 3.8) is 0 Å². The highest BCUT2D eigenvalue weighted by molar-refractivity contribution is 5.66.